The van der Waals surface area contributed by atoms with Crippen molar-refractivity contribution in [3.05, 3.63) is 0 Å². The molecule has 100 valence electrons. The second-order valence-electron chi connectivity index (χ2n) is 6.48. The molecular weight excluding hydrogens is 208 g/mol. The molecule has 0 aliphatic heterocycles. The van der Waals surface area contributed by atoms with E-state index >= 15 is 0 Å². The van der Waals surface area contributed by atoms with Crippen LogP contribution in [0.4, 0.5) is 0 Å². The van der Waals surface area contributed by atoms with Crippen molar-refractivity contribution in [2.24, 2.45) is 17.6 Å². The first-order valence-electron chi connectivity index (χ1n) is 7.61. The second kappa shape index (κ2) is 5.71. The third-order valence-electron chi connectivity index (χ3n) is 5.15. The summed E-state index contributed by atoms with van der Waals surface area (Å²) >= 11 is 0. The first-order chi connectivity index (χ1) is 8.20. The van der Waals surface area contributed by atoms with E-state index in [0.29, 0.717) is 5.54 Å². The Morgan fingerprint density at radius 2 is 1.76 bits per heavy atom. The van der Waals surface area contributed by atoms with Crippen LogP contribution in [0.1, 0.15) is 58.3 Å². The third kappa shape index (κ3) is 3.23. The van der Waals surface area contributed by atoms with Crippen LogP contribution >= 0.6 is 0 Å². The summed E-state index contributed by atoms with van der Waals surface area (Å²) in [5.41, 5.74) is 6.45. The Morgan fingerprint density at radius 1 is 1.12 bits per heavy atom. The number of nitrogens with two attached hydrogens (primary N) is 1. The lowest BCUT2D eigenvalue weighted by Gasteiger charge is -2.46. The minimum Gasteiger partial charge on any atom is -0.329 e. The van der Waals surface area contributed by atoms with Crippen molar-refractivity contribution in [3.63, 3.8) is 0 Å². The van der Waals surface area contributed by atoms with Crippen molar-refractivity contribution >= 4 is 0 Å². The van der Waals surface area contributed by atoms with Gasteiger partial charge in [-0.25, -0.2) is 0 Å². The summed E-state index contributed by atoms with van der Waals surface area (Å²) in [5.74, 6) is 1.96. The van der Waals surface area contributed by atoms with Gasteiger partial charge < -0.3 is 5.73 Å². The Hall–Kier alpha value is -0.0800. The molecule has 0 saturated heterocycles. The monoisotopic (exact) mass is 238 g/mol. The summed E-state index contributed by atoms with van der Waals surface area (Å²) in [7, 11) is 2.31. The van der Waals surface area contributed by atoms with Gasteiger partial charge in [-0.15, -0.1) is 0 Å². The topological polar surface area (TPSA) is 29.3 Å². The van der Waals surface area contributed by atoms with E-state index in [4.69, 9.17) is 5.73 Å². The van der Waals surface area contributed by atoms with Crippen LogP contribution in [0.3, 0.4) is 0 Å². The summed E-state index contributed by atoms with van der Waals surface area (Å²) in [6.07, 6.45) is 11.1. The predicted molar refractivity (Wildman–Crippen MR) is 74.0 cm³/mol. The molecule has 0 spiro atoms. The van der Waals surface area contributed by atoms with Crippen LogP contribution in [0.5, 0.6) is 0 Å². The van der Waals surface area contributed by atoms with Crippen LogP contribution in [0.15, 0.2) is 0 Å². The Bertz CT molecular complexity index is 227. The standard InChI is InChI=1S/C15H30N2/c1-3-4-13-7-9-15(12-16,10-8-13)17(2)11-14-5-6-14/h13-14H,3-12,16H2,1-2H3. The molecule has 2 heteroatoms. The van der Waals surface area contributed by atoms with E-state index in [-0.39, 0.29) is 0 Å². The lowest BCUT2D eigenvalue weighted by Crippen LogP contribution is -2.54. The smallest absolute Gasteiger partial charge is 0.0329 e. The molecule has 0 aromatic heterocycles. The highest BCUT2D eigenvalue weighted by Gasteiger charge is 2.39. The molecule has 2 N–H and O–H groups in total. The van der Waals surface area contributed by atoms with Gasteiger partial charge in [0.05, 0.1) is 0 Å². The van der Waals surface area contributed by atoms with E-state index in [9.17, 15) is 0 Å². The predicted octanol–water partition coefficient (Wildman–Crippen LogP) is 3.02. The van der Waals surface area contributed by atoms with Gasteiger partial charge in [-0.05, 0) is 57.4 Å². The van der Waals surface area contributed by atoms with Crippen molar-refractivity contribution in [2.75, 3.05) is 20.1 Å². The highest BCUT2D eigenvalue weighted by Crippen LogP contribution is 2.39. The lowest BCUT2D eigenvalue weighted by molar-refractivity contribution is 0.0593. The average Bonchev–Trinajstić information content (AvgIpc) is 3.14. The normalized spacial score (nSPS) is 34.2. The van der Waals surface area contributed by atoms with Crippen molar-refractivity contribution < 1.29 is 0 Å². The van der Waals surface area contributed by atoms with E-state index in [1.807, 2.05) is 0 Å². The van der Waals surface area contributed by atoms with E-state index in [0.717, 1.165) is 18.4 Å². The molecule has 2 rings (SSSR count). The first-order valence-corrected chi connectivity index (χ1v) is 7.61. The molecule has 0 amide bonds. The number of nitrogens with zero attached hydrogens (tertiary/aromatic N) is 1. The summed E-state index contributed by atoms with van der Waals surface area (Å²) in [6, 6.07) is 0. The van der Waals surface area contributed by atoms with Gasteiger partial charge in [-0.1, -0.05) is 19.8 Å². The summed E-state index contributed by atoms with van der Waals surface area (Å²) in [6.45, 7) is 4.45. The highest BCUT2D eigenvalue weighted by molar-refractivity contribution is 4.96. The zero-order valence-corrected chi connectivity index (χ0v) is 11.8. The minimum absolute atomic E-state index is 0.340. The van der Waals surface area contributed by atoms with Crippen LogP contribution < -0.4 is 5.73 Å². The van der Waals surface area contributed by atoms with Crippen LogP contribution in [-0.2, 0) is 0 Å². The van der Waals surface area contributed by atoms with Crippen molar-refractivity contribution in [1.82, 2.24) is 4.90 Å². The molecule has 2 saturated carbocycles. The van der Waals surface area contributed by atoms with Crippen LogP contribution in [0.2, 0.25) is 0 Å². The molecule has 0 aromatic carbocycles. The maximum Gasteiger partial charge on any atom is 0.0329 e. The maximum atomic E-state index is 6.11. The van der Waals surface area contributed by atoms with E-state index < -0.39 is 0 Å². The maximum absolute atomic E-state index is 6.11. The van der Waals surface area contributed by atoms with Crippen molar-refractivity contribution in [3.8, 4) is 0 Å². The SMILES string of the molecule is CCCC1CCC(CN)(N(C)CC2CC2)CC1. The number of hydrogen-bond acceptors (Lipinski definition) is 2. The van der Waals surface area contributed by atoms with Crippen LogP contribution in [0, 0.1) is 11.8 Å². The van der Waals surface area contributed by atoms with Gasteiger partial charge in [0.25, 0.3) is 0 Å². The van der Waals surface area contributed by atoms with Gasteiger partial charge in [0, 0.05) is 18.6 Å². The Kier molecular flexibility index (Phi) is 4.48. The summed E-state index contributed by atoms with van der Waals surface area (Å²) in [4.78, 5) is 2.60. The summed E-state index contributed by atoms with van der Waals surface area (Å²) in [5, 5.41) is 0. The molecule has 2 fully saturated rings. The van der Waals surface area contributed by atoms with E-state index in [1.54, 1.807) is 0 Å². The Morgan fingerprint density at radius 3 is 2.24 bits per heavy atom. The van der Waals surface area contributed by atoms with E-state index in [2.05, 4.69) is 18.9 Å². The fraction of sp³-hybridized carbons (Fsp3) is 1.00. The first kappa shape index (κ1) is 13.4. The summed E-state index contributed by atoms with van der Waals surface area (Å²) < 4.78 is 0. The molecule has 2 aliphatic rings. The molecular formula is C15H30N2. The zero-order chi connectivity index (χ0) is 12.3. The zero-order valence-electron chi connectivity index (χ0n) is 11.8. The van der Waals surface area contributed by atoms with Gasteiger partial charge >= 0.3 is 0 Å². The minimum atomic E-state index is 0.340. The second-order valence-corrected chi connectivity index (χ2v) is 6.48. The van der Waals surface area contributed by atoms with Crippen LogP contribution in [-0.4, -0.2) is 30.6 Å². The van der Waals surface area contributed by atoms with Gasteiger partial charge in [-0.2, -0.15) is 0 Å². The fourth-order valence-electron chi connectivity index (χ4n) is 3.53. The number of hydrogen-bond donors (Lipinski definition) is 1. The third-order valence-corrected chi connectivity index (χ3v) is 5.15. The van der Waals surface area contributed by atoms with Gasteiger partial charge in [0.15, 0.2) is 0 Å². The quantitative estimate of drug-likeness (QED) is 0.771. The molecule has 0 aromatic rings. The lowest BCUT2D eigenvalue weighted by atomic mass is 9.74. The molecule has 0 atom stereocenters. The number of rotatable bonds is 6. The number of likely N-dealkylation sites (N-methyl/N-ethyl adjacent to an activating group) is 1. The molecule has 0 radical (unpaired) electrons. The average molecular weight is 238 g/mol. The largest absolute Gasteiger partial charge is 0.329 e. The molecule has 0 heterocycles. The van der Waals surface area contributed by atoms with Crippen molar-refractivity contribution in [2.45, 2.75) is 63.8 Å². The van der Waals surface area contributed by atoms with Gasteiger partial charge in [-0.3, -0.25) is 4.90 Å². The molecule has 0 bridgehead atoms. The van der Waals surface area contributed by atoms with Gasteiger partial charge in [0.2, 0.25) is 0 Å². The molecule has 17 heavy (non-hydrogen) atoms. The Balaban J connectivity index is 1.86. The Labute approximate surface area is 107 Å². The molecule has 0 unspecified atom stereocenters. The van der Waals surface area contributed by atoms with E-state index in [1.165, 1.54) is 57.9 Å². The molecule has 2 nitrogen and oxygen atoms in total. The van der Waals surface area contributed by atoms with Crippen LogP contribution in [0.25, 0.3) is 0 Å². The fourth-order valence-corrected chi connectivity index (χ4v) is 3.53. The van der Waals surface area contributed by atoms with Crippen molar-refractivity contribution in [1.29, 1.82) is 0 Å². The van der Waals surface area contributed by atoms with Gasteiger partial charge in [0.1, 0.15) is 0 Å². The highest BCUT2D eigenvalue weighted by atomic mass is 15.2. The molecule has 2 aliphatic carbocycles.